The molecule has 0 radical (unpaired) electrons. The molecule has 0 N–H and O–H groups in total. The number of fused-ring (bicyclic) bond motifs is 1. The van der Waals surface area contributed by atoms with E-state index < -0.39 is 107 Å². The number of aromatic nitrogens is 2. The highest BCUT2D eigenvalue weighted by atomic mass is 35.5. The normalized spacial score (nSPS) is 42.4. The van der Waals surface area contributed by atoms with Crippen LogP contribution in [0, 0.1) is 0 Å². The van der Waals surface area contributed by atoms with E-state index in [2.05, 4.69) is 5.10 Å². The SMILES string of the molecule is [2H]c1c([2H])c([2H])c2c(=O)n(C3([2H])C([2H])([2H])C([2H])([2H])N(C([2H])([2H])[2H])C([2H])([2H])C([2H])([2H])C3([2H])[2H])nc(C([2H])([2H])c3ccc(Cl)cc3)c2c1[2H]. The molecule has 2 aromatic carbocycles. The number of benzene rings is 2. The fourth-order valence-corrected chi connectivity index (χ4v) is 2.40. The maximum absolute atomic E-state index is 14.2. The third-order valence-electron chi connectivity index (χ3n) is 3.48. The molecule has 1 aliphatic rings. The Morgan fingerprint density at radius 3 is 2.85 bits per heavy atom. The van der Waals surface area contributed by atoms with E-state index in [1.165, 1.54) is 12.1 Å². The Bertz CT molecular complexity index is 1840. The van der Waals surface area contributed by atoms with Gasteiger partial charge in [0.25, 0.3) is 5.56 Å². The minimum Gasteiger partial charge on any atom is -0.306 e. The molecule has 0 bridgehead atoms. The number of halogens is 1. The summed E-state index contributed by atoms with van der Waals surface area (Å²) in [6.45, 7) is -12.7. The summed E-state index contributed by atoms with van der Waals surface area (Å²) in [5.74, 6) is 0. The number of hydrogen-bond acceptors (Lipinski definition) is 3. The number of hydrogen-bond donors (Lipinski definition) is 0. The van der Waals surface area contributed by atoms with Crippen LogP contribution in [0.3, 0.4) is 0 Å². The molecule has 1 fully saturated rings. The van der Waals surface area contributed by atoms with Crippen LogP contribution in [0.1, 0.15) is 63.8 Å². The molecular formula is C22H24ClN3O. The van der Waals surface area contributed by atoms with Gasteiger partial charge in [-0.05, 0) is 62.8 Å². The highest BCUT2D eigenvalue weighted by Crippen LogP contribution is 2.23. The third kappa shape index (κ3) is 3.92. The summed E-state index contributed by atoms with van der Waals surface area (Å²) >= 11 is 5.91. The second kappa shape index (κ2) is 7.83. The zero-order valence-electron chi connectivity index (χ0n) is 33.4. The molecule has 3 aromatic rings. The van der Waals surface area contributed by atoms with E-state index in [0.717, 1.165) is 12.1 Å². The molecular weight excluding hydrogens is 358 g/mol. The fraction of sp³-hybridized carbons (Fsp3) is 0.364. The van der Waals surface area contributed by atoms with Crippen LogP contribution in [0.2, 0.25) is 5.02 Å². The summed E-state index contributed by atoms with van der Waals surface area (Å²) in [5, 5.41) is 1.74. The topological polar surface area (TPSA) is 38.1 Å². The summed E-state index contributed by atoms with van der Waals surface area (Å²) < 4.78 is 168. The van der Waals surface area contributed by atoms with Crippen molar-refractivity contribution in [3.8, 4) is 0 Å². The summed E-state index contributed by atoms with van der Waals surface area (Å²) in [6, 6.07) is -4.13. The van der Waals surface area contributed by atoms with Gasteiger partial charge in [-0.25, -0.2) is 4.68 Å². The molecule has 5 heteroatoms. The molecule has 140 valence electrons. The van der Waals surface area contributed by atoms with Gasteiger partial charge in [0.2, 0.25) is 0 Å². The molecule has 2 heterocycles. The van der Waals surface area contributed by atoms with Gasteiger partial charge in [-0.15, -0.1) is 0 Å². The second-order valence-electron chi connectivity index (χ2n) is 5.23. The van der Waals surface area contributed by atoms with Crippen molar-refractivity contribution < 1.29 is 27.4 Å². The fourth-order valence-electron chi connectivity index (χ4n) is 2.28. The molecule has 0 amide bonds. The zero-order chi connectivity index (χ0) is 36.5. The Hall–Kier alpha value is -2.17. The molecule has 1 unspecified atom stereocenters. The molecule has 27 heavy (non-hydrogen) atoms. The molecule has 1 atom stereocenters. The van der Waals surface area contributed by atoms with Crippen LogP contribution in [0.5, 0.6) is 0 Å². The van der Waals surface area contributed by atoms with Gasteiger partial charge in [-0.2, -0.15) is 5.10 Å². The van der Waals surface area contributed by atoms with Crippen molar-refractivity contribution in [2.75, 3.05) is 20.0 Å². The van der Waals surface area contributed by atoms with Crippen molar-refractivity contribution in [2.24, 2.45) is 0 Å². The predicted octanol–water partition coefficient (Wildman–Crippen LogP) is 4.30. The Morgan fingerprint density at radius 2 is 2.07 bits per heavy atom. The van der Waals surface area contributed by atoms with Crippen LogP contribution in [-0.4, -0.2) is 34.6 Å². The van der Waals surface area contributed by atoms with Crippen LogP contribution in [-0.2, 0) is 6.37 Å². The maximum atomic E-state index is 14.2. The van der Waals surface area contributed by atoms with Crippen molar-refractivity contribution in [1.29, 1.82) is 0 Å². The first-order chi connectivity index (χ1) is 20.9. The first-order valence-electron chi connectivity index (χ1n) is 17.5. The van der Waals surface area contributed by atoms with Gasteiger partial charge in [0.05, 0.1) is 24.0 Å². The van der Waals surface area contributed by atoms with Gasteiger partial charge >= 0.3 is 0 Å². The standard InChI is InChI=1S/C22H24ClN3O/c1-25-13-4-5-18(12-14-25)26-22(27)20-7-3-2-6-19(20)21(24-26)15-16-8-10-17(23)11-9-16/h2-3,6-11,18H,4-5,12-15H2,1H3/i1D3,2D,3D,4D2,5D2,6D,7D,12D2,13D2,14D2,15D2,18D. The number of likely N-dealkylation sites (tertiary alicyclic amines) is 1. The van der Waals surface area contributed by atoms with E-state index in [0.29, 0.717) is 0 Å². The van der Waals surface area contributed by atoms with E-state index >= 15 is 0 Å². The number of rotatable bonds is 3. The minimum atomic E-state index is -4.48. The van der Waals surface area contributed by atoms with Crippen LogP contribution in [0.15, 0.2) is 53.2 Å². The summed E-state index contributed by atoms with van der Waals surface area (Å²) in [4.78, 5) is 13.3. The monoisotopic (exact) mass is 401 g/mol. The lowest BCUT2D eigenvalue weighted by Gasteiger charge is -2.19. The van der Waals surface area contributed by atoms with Crippen LogP contribution < -0.4 is 5.56 Å². The van der Waals surface area contributed by atoms with Gasteiger partial charge in [0.1, 0.15) is 0 Å². The highest BCUT2D eigenvalue weighted by molar-refractivity contribution is 6.30. The predicted molar refractivity (Wildman–Crippen MR) is 111 cm³/mol. The molecule has 0 saturated carbocycles. The van der Waals surface area contributed by atoms with Crippen molar-refractivity contribution in [3.63, 3.8) is 0 Å². The molecule has 0 spiro atoms. The molecule has 1 aliphatic heterocycles. The van der Waals surface area contributed by atoms with E-state index in [1.54, 1.807) is 0 Å². The van der Waals surface area contributed by atoms with Gasteiger partial charge in [-0.3, -0.25) is 4.79 Å². The van der Waals surface area contributed by atoms with Gasteiger partial charge in [0, 0.05) is 37.3 Å². The van der Waals surface area contributed by atoms with Gasteiger partial charge in [-0.1, -0.05) is 41.9 Å². The Kier molecular flexibility index (Phi) is 1.79. The quantitative estimate of drug-likeness (QED) is 0.656. The van der Waals surface area contributed by atoms with Crippen molar-refractivity contribution >= 4 is 22.4 Å². The third-order valence-corrected chi connectivity index (χ3v) is 3.74. The Balaban J connectivity index is 2.36. The van der Waals surface area contributed by atoms with E-state index in [4.69, 9.17) is 37.6 Å². The summed E-state index contributed by atoms with van der Waals surface area (Å²) in [7, 11) is 0. The van der Waals surface area contributed by atoms with Crippen molar-refractivity contribution in [1.82, 2.24) is 14.7 Å². The molecule has 1 aromatic heterocycles. The van der Waals surface area contributed by atoms with Crippen LogP contribution in [0.25, 0.3) is 10.8 Å². The molecule has 0 aliphatic carbocycles. The minimum absolute atomic E-state index is 0.122. The molecule has 4 nitrogen and oxygen atoms in total. The summed E-state index contributed by atoms with van der Waals surface area (Å²) in [5.41, 5.74) is -3.43. The van der Waals surface area contributed by atoms with Crippen molar-refractivity contribution in [3.05, 3.63) is 75.1 Å². The van der Waals surface area contributed by atoms with Gasteiger partial charge < -0.3 is 4.90 Å². The van der Waals surface area contributed by atoms with Gasteiger partial charge in [0.15, 0.2) is 0 Å². The molecule has 4 rings (SSSR count). The lowest BCUT2D eigenvalue weighted by Crippen LogP contribution is -2.29. The molecule has 1 saturated heterocycles. The van der Waals surface area contributed by atoms with Crippen molar-refractivity contribution in [2.45, 2.75) is 31.5 Å². The average Bonchev–Trinajstić information content (AvgIpc) is 2.93. The average molecular weight is 402 g/mol. The first kappa shape index (κ1) is 6.16. The van der Waals surface area contributed by atoms with Crippen LogP contribution >= 0.6 is 11.6 Å². The Labute approximate surface area is 192 Å². The largest absolute Gasteiger partial charge is 0.306 e. The second-order valence-corrected chi connectivity index (χ2v) is 5.67. The maximum Gasteiger partial charge on any atom is 0.274 e. The first-order valence-corrected chi connectivity index (χ1v) is 7.88. The van der Waals surface area contributed by atoms with E-state index in [9.17, 15) is 6.17 Å². The zero-order valence-corrected chi connectivity index (χ0v) is 14.2. The van der Waals surface area contributed by atoms with E-state index in [1.807, 2.05) is 0 Å². The lowest BCUT2D eigenvalue weighted by atomic mass is 10.0. The van der Waals surface area contributed by atoms with E-state index in [-0.39, 0.29) is 10.6 Å². The van der Waals surface area contributed by atoms with Crippen LogP contribution in [0.4, 0.5) is 0 Å². The summed E-state index contributed by atoms with van der Waals surface area (Å²) in [6.07, 6.45) is -16.4. The number of nitrogens with zero attached hydrogens (tertiary/aromatic N) is 3. The lowest BCUT2D eigenvalue weighted by molar-refractivity contribution is 0.334. The highest BCUT2D eigenvalue weighted by Gasteiger charge is 2.21. The Morgan fingerprint density at radius 1 is 1.30 bits per heavy atom. The smallest absolute Gasteiger partial charge is 0.274 e.